The zero-order valence-corrected chi connectivity index (χ0v) is 8.07. The summed E-state index contributed by atoms with van der Waals surface area (Å²) in [6, 6.07) is 0. The predicted molar refractivity (Wildman–Crippen MR) is 5.97 cm³/mol. The van der Waals surface area contributed by atoms with Gasteiger partial charge in [-0.15, -0.1) is 0 Å². The third-order valence-electron chi connectivity index (χ3n) is 0. The standard InChI is InChI=1S/Ce.3ClH.H3NO/c;;;;1-2/h;3*1H;2H,1H2/q+3;;;;/p-3. The number of hydrogen-bond donors (Lipinski definition) is 2. The van der Waals surface area contributed by atoms with Crippen molar-refractivity contribution in [3.8, 4) is 0 Å². The fraction of sp³-hybridized carbons (Fsp3) is 0. The normalized spacial score (nSPS) is 1.00. The summed E-state index contributed by atoms with van der Waals surface area (Å²) in [6.45, 7) is 0. The molecule has 0 spiro atoms. The van der Waals surface area contributed by atoms with Crippen molar-refractivity contribution in [3.05, 3.63) is 0 Å². The molecule has 0 unspecified atom stereocenters. The van der Waals surface area contributed by atoms with Gasteiger partial charge in [0, 0.05) is 0 Å². The van der Waals surface area contributed by atoms with Crippen molar-refractivity contribution in [1.29, 1.82) is 0 Å². The summed E-state index contributed by atoms with van der Waals surface area (Å²) in [6.07, 6.45) is 0. The summed E-state index contributed by atoms with van der Waals surface area (Å²) in [5.74, 6) is 3.50. The van der Waals surface area contributed by atoms with Crippen molar-refractivity contribution < 1.29 is 84.2 Å². The predicted octanol–water partition coefficient (Wildman–Crippen LogP) is -9.65. The van der Waals surface area contributed by atoms with Crippen LogP contribution in [0, 0.1) is 41.7 Å². The second kappa shape index (κ2) is 58.1. The Hall–Kier alpha value is 2.17. The van der Waals surface area contributed by atoms with E-state index in [9.17, 15) is 0 Å². The first-order chi connectivity index (χ1) is 1.00. The van der Waals surface area contributed by atoms with Gasteiger partial charge in [-0.3, -0.25) is 0 Å². The molecule has 2 nitrogen and oxygen atoms in total. The minimum atomic E-state index is 0. The van der Waals surface area contributed by atoms with Crippen molar-refractivity contribution in [2.75, 3.05) is 0 Å². The monoisotopic (exact) mass is 278 g/mol. The molecular weight excluding hydrogens is 276 g/mol. The van der Waals surface area contributed by atoms with Gasteiger partial charge in [-0.05, 0) is 0 Å². The number of rotatable bonds is 0. The van der Waals surface area contributed by atoms with Gasteiger partial charge in [0.2, 0.25) is 0 Å². The van der Waals surface area contributed by atoms with Crippen LogP contribution < -0.4 is 43.1 Å². The summed E-state index contributed by atoms with van der Waals surface area (Å²) < 4.78 is 0. The van der Waals surface area contributed by atoms with E-state index in [1.165, 1.54) is 0 Å². The summed E-state index contributed by atoms with van der Waals surface area (Å²) in [5, 5.41) is 6.50. The van der Waals surface area contributed by atoms with Crippen molar-refractivity contribution in [3.63, 3.8) is 0 Å². The maximum atomic E-state index is 6.50. The maximum absolute atomic E-state index is 6.50. The van der Waals surface area contributed by atoms with E-state index in [2.05, 4.69) is 5.90 Å². The zero-order valence-electron chi connectivity index (χ0n) is 2.66. The van der Waals surface area contributed by atoms with E-state index in [0.717, 1.165) is 0 Å². The summed E-state index contributed by atoms with van der Waals surface area (Å²) >= 11 is 0. The van der Waals surface area contributed by atoms with Crippen molar-refractivity contribution in [2.24, 2.45) is 5.90 Å². The number of halogens is 3. The van der Waals surface area contributed by atoms with E-state index in [0.29, 0.717) is 0 Å². The summed E-state index contributed by atoms with van der Waals surface area (Å²) in [7, 11) is 0. The van der Waals surface area contributed by atoms with Gasteiger partial charge < -0.3 is 42.4 Å². The van der Waals surface area contributed by atoms with Gasteiger partial charge in [-0.2, -0.15) is 0 Å². The Balaban J connectivity index is -0.000000000833. The number of hydrogen-bond acceptors (Lipinski definition) is 2. The second-order valence-electron chi connectivity index (χ2n) is 0. The third-order valence-corrected chi connectivity index (χ3v) is 0. The molecule has 0 bridgehead atoms. The molecule has 0 saturated heterocycles. The Morgan fingerprint density at radius 2 is 0.833 bits per heavy atom. The maximum Gasteiger partial charge on any atom is 3.00 e. The topological polar surface area (TPSA) is 46.2 Å². The van der Waals surface area contributed by atoms with Crippen LogP contribution in [-0.2, 0) is 0 Å². The molecule has 3 N–H and O–H groups in total. The average molecular weight is 280 g/mol. The van der Waals surface area contributed by atoms with Crippen molar-refractivity contribution in [2.45, 2.75) is 0 Å². The van der Waals surface area contributed by atoms with Crippen molar-refractivity contribution in [1.82, 2.24) is 0 Å². The molecule has 0 atom stereocenters. The van der Waals surface area contributed by atoms with E-state index in [1.54, 1.807) is 0 Å². The van der Waals surface area contributed by atoms with Crippen LogP contribution in [-0.4, -0.2) is 5.21 Å². The summed E-state index contributed by atoms with van der Waals surface area (Å²) in [5.41, 5.74) is 0. The van der Waals surface area contributed by atoms with E-state index >= 15 is 0 Å². The average Bonchev–Trinajstić information content (AvgIpc) is 1.00. The molecule has 1 radical (unpaired) electrons. The van der Waals surface area contributed by atoms with Crippen LogP contribution in [0.15, 0.2) is 0 Å². The largest absolute Gasteiger partial charge is 3.00 e. The fourth-order valence-electron chi connectivity index (χ4n) is 0. The smallest absolute Gasteiger partial charge is 1.00 e. The summed E-state index contributed by atoms with van der Waals surface area (Å²) in [4.78, 5) is 0. The first-order valence-corrected chi connectivity index (χ1v) is 0.258. The minimum Gasteiger partial charge on any atom is -1.00 e. The first kappa shape index (κ1) is 41.8. The second-order valence-corrected chi connectivity index (χ2v) is 0. The van der Waals surface area contributed by atoms with Gasteiger partial charge in [0.05, 0.1) is 0 Å². The van der Waals surface area contributed by atoms with E-state index in [-0.39, 0.29) is 79.0 Å². The molecule has 0 rings (SSSR count). The molecule has 0 aromatic carbocycles. The van der Waals surface area contributed by atoms with E-state index in [1.807, 2.05) is 0 Å². The SMILES string of the molecule is NO.[Ce+3].[Cl-].[Cl-].[Cl-]. The molecule has 0 fully saturated rings. The molecule has 0 aromatic rings. The molecule has 39 valence electrons. The van der Waals surface area contributed by atoms with Gasteiger partial charge in [-0.25, -0.2) is 5.90 Å². The van der Waals surface area contributed by atoms with Crippen LogP contribution in [0.2, 0.25) is 0 Å². The molecular formula is H3CeCl3NO. The molecule has 0 aliphatic carbocycles. The Morgan fingerprint density at radius 1 is 0.833 bits per heavy atom. The zero-order chi connectivity index (χ0) is 2.00. The molecule has 0 heterocycles. The van der Waals surface area contributed by atoms with Crippen LogP contribution >= 0.6 is 0 Å². The molecule has 6 heavy (non-hydrogen) atoms. The number of nitrogens with two attached hydrogens (primary N) is 1. The van der Waals surface area contributed by atoms with Crippen LogP contribution in [0.5, 0.6) is 0 Å². The Labute approximate surface area is 88.8 Å². The molecule has 0 aliphatic heterocycles. The van der Waals surface area contributed by atoms with Gasteiger partial charge in [0.1, 0.15) is 0 Å². The van der Waals surface area contributed by atoms with Gasteiger partial charge in [0.15, 0.2) is 0 Å². The Kier molecular flexibility index (Phi) is 405. The minimum absolute atomic E-state index is 0. The van der Waals surface area contributed by atoms with Crippen LogP contribution in [0.25, 0.3) is 0 Å². The molecule has 0 aromatic heterocycles. The van der Waals surface area contributed by atoms with Gasteiger partial charge in [0.25, 0.3) is 0 Å². The van der Waals surface area contributed by atoms with Gasteiger partial charge >= 0.3 is 41.7 Å². The van der Waals surface area contributed by atoms with E-state index in [4.69, 9.17) is 5.21 Å². The van der Waals surface area contributed by atoms with Crippen LogP contribution in [0.3, 0.4) is 0 Å². The first-order valence-electron chi connectivity index (χ1n) is 0.258. The quantitative estimate of drug-likeness (QED) is 0.433. The Bertz CT molecular complexity index is 10.8. The van der Waals surface area contributed by atoms with Crippen LogP contribution in [0.1, 0.15) is 0 Å². The fourth-order valence-corrected chi connectivity index (χ4v) is 0. The molecule has 0 amide bonds. The molecule has 0 aliphatic rings. The third kappa shape index (κ3) is 35.1. The van der Waals surface area contributed by atoms with Crippen molar-refractivity contribution >= 4 is 0 Å². The molecule has 0 saturated carbocycles. The van der Waals surface area contributed by atoms with E-state index < -0.39 is 0 Å². The van der Waals surface area contributed by atoms with Gasteiger partial charge in [-0.1, -0.05) is 0 Å². The van der Waals surface area contributed by atoms with Crippen LogP contribution in [0.4, 0.5) is 0 Å². The molecule has 6 heteroatoms. The Morgan fingerprint density at radius 3 is 0.833 bits per heavy atom.